The van der Waals surface area contributed by atoms with Crippen molar-refractivity contribution in [2.24, 2.45) is 0 Å². The van der Waals surface area contributed by atoms with Gasteiger partial charge in [0.2, 0.25) is 5.91 Å². The highest BCUT2D eigenvalue weighted by Gasteiger charge is 2.29. The summed E-state index contributed by atoms with van der Waals surface area (Å²) in [5.74, 6) is 0.00122. The number of benzene rings is 1. The van der Waals surface area contributed by atoms with Gasteiger partial charge in [-0.15, -0.1) is 11.6 Å². The Bertz CT molecular complexity index is 403. The Morgan fingerprint density at radius 3 is 2.88 bits per heavy atom. The van der Waals surface area contributed by atoms with Crippen LogP contribution in [0.2, 0.25) is 0 Å². The maximum Gasteiger partial charge on any atom is 0.245 e. The van der Waals surface area contributed by atoms with Gasteiger partial charge in [-0.1, -0.05) is 18.2 Å². The van der Waals surface area contributed by atoms with E-state index in [0.717, 1.165) is 18.5 Å². The Hall–Kier alpha value is -1.02. The number of aryl methyl sites for hydroxylation is 1. The van der Waals surface area contributed by atoms with Crippen molar-refractivity contribution in [2.75, 3.05) is 4.90 Å². The molecule has 2 nitrogen and oxygen atoms in total. The molecule has 0 saturated heterocycles. The Labute approximate surface area is 101 Å². The first kappa shape index (κ1) is 11.5. The number of rotatable bonds is 1. The molecule has 1 aliphatic heterocycles. The van der Waals surface area contributed by atoms with Crippen molar-refractivity contribution >= 4 is 23.2 Å². The van der Waals surface area contributed by atoms with Gasteiger partial charge in [0.25, 0.3) is 0 Å². The Balaban J connectivity index is 2.40. The van der Waals surface area contributed by atoms with Gasteiger partial charge in [0.1, 0.15) is 5.38 Å². The largest absolute Gasteiger partial charge is 0.308 e. The summed E-state index contributed by atoms with van der Waals surface area (Å²) in [7, 11) is 0. The van der Waals surface area contributed by atoms with Crippen molar-refractivity contribution in [1.29, 1.82) is 0 Å². The van der Waals surface area contributed by atoms with Crippen LogP contribution in [0.4, 0.5) is 5.69 Å². The maximum atomic E-state index is 12.1. The number of carbonyl (C=O) groups is 1. The van der Waals surface area contributed by atoms with Gasteiger partial charge < -0.3 is 4.90 Å². The molecule has 0 bridgehead atoms. The second-order valence-corrected chi connectivity index (χ2v) is 5.00. The fourth-order valence-corrected chi connectivity index (χ4v) is 2.32. The van der Waals surface area contributed by atoms with Gasteiger partial charge in [-0.05, 0) is 38.3 Å². The fraction of sp³-hybridized carbons (Fsp3) is 0.462. The van der Waals surface area contributed by atoms with Crippen molar-refractivity contribution in [3.05, 3.63) is 29.8 Å². The summed E-state index contributed by atoms with van der Waals surface area (Å²) in [6.45, 7) is 3.81. The van der Waals surface area contributed by atoms with Gasteiger partial charge >= 0.3 is 0 Å². The van der Waals surface area contributed by atoms with Crippen LogP contribution >= 0.6 is 11.6 Å². The number of amides is 1. The zero-order valence-electron chi connectivity index (χ0n) is 9.61. The standard InChI is InChI=1S/C13H16ClNO/c1-9-7-8-11-5-3-4-6-12(11)15(9)13(16)10(2)14/h3-6,9-10H,7-8H2,1-2H3. The van der Waals surface area contributed by atoms with Crippen LogP contribution in [0, 0.1) is 0 Å². The van der Waals surface area contributed by atoms with Crippen LogP contribution in [0.3, 0.4) is 0 Å². The summed E-state index contributed by atoms with van der Waals surface area (Å²) in [6.07, 6.45) is 2.05. The summed E-state index contributed by atoms with van der Waals surface area (Å²) in [5.41, 5.74) is 2.27. The van der Waals surface area contributed by atoms with Crippen molar-refractivity contribution in [2.45, 2.75) is 38.1 Å². The van der Waals surface area contributed by atoms with Crippen LogP contribution < -0.4 is 4.90 Å². The summed E-state index contributed by atoms with van der Waals surface area (Å²) in [6, 6.07) is 8.31. The number of alkyl halides is 1. The van der Waals surface area contributed by atoms with Crippen molar-refractivity contribution < 1.29 is 4.79 Å². The molecule has 1 aromatic carbocycles. The molecule has 0 fully saturated rings. The maximum absolute atomic E-state index is 12.1. The zero-order valence-corrected chi connectivity index (χ0v) is 10.4. The summed E-state index contributed by atoms with van der Waals surface area (Å²) in [5, 5.41) is -0.464. The molecule has 1 heterocycles. The van der Waals surface area contributed by atoms with E-state index in [1.165, 1.54) is 5.56 Å². The molecule has 0 spiro atoms. The highest BCUT2D eigenvalue weighted by atomic mass is 35.5. The van der Waals surface area contributed by atoms with E-state index < -0.39 is 5.38 Å². The highest BCUT2D eigenvalue weighted by Crippen LogP contribution is 2.31. The second kappa shape index (κ2) is 4.46. The molecule has 16 heavy (non-hydrogen) atoms. The van der Waals surface area contributed by atoms with E-state index in [-0.39, 0.29) is 11.9 Å². The topological polar surface area (TPSA) is 20.3 Å². The highest BCUT2D eigenvalue weighted by molar-refractivity contribution is 6.32. The molecule has 2 unspecified atom stereocenters. The summed E-state index contributed by atoms with van der Waals surface area (Å²) < 4.78 is 0. The van der Waals surface area contributed by atoms with Crippen LogP contribution in [-0.4, -0.2) is 17.3 Å². The smallest absolute Gasteiger partial charge is 0.245 e. The number of halogens is 1. The van der Waals surface area contributed by atoms with Crippen LogP contribution in [0.5, 0.6) is 0 Å². The van der Waals surface area contributed by atoms with Gasteiger partial charge in [0, 0.05) is 11.7 Å². The number of para-hydroxylation sites is 1. The van der Waals surface area contributed by atoms with E-state index in [4.69, 9.17) is 11.6 Å². The molecule has 1 aliphatic rings. The lowest BCUT2D eigenvalue weighted by Gasteiger charge is -2.36. The third kappa shape index (κ3) is 1.94. The number of hydrogen-bond donors (Lipinski definition) is 0. The third-order valence-electron chi connectivity index (χ3n) is 3.10. The monoisotopic (exact) mass is 237 g/mol. The number of anilines is 1. The van der Waals surface area contributed by atoms with E-state index in [1.807, 2.05) is 23.1 Å². The van der Waals surface area contributed by atoms with E-state index >= 15 is 0 Å². The average Bonchev–Trinajstić information content (AvgIpc) is 2.28. The molecule has 0 aromatic heterocycles. The van der Waals surface area contributed by atoms with Crippen LogP contribution in [0.25, 0.3) is 0 Å². The van der Waals surface area contributed by atoms with Gasteiger partial charge in [0.05, 0.1) is 0 Å². The van der Waals surface area contributed by atoms with Crippen molar-refractivity contribution in [1.82, 2.24) is 0 Å². The van der Waals surface area contributed by atoms with Gasteiger partial charge in [-0.3, -0.25) is 4.79 Å². The predicted octanol–water partition coefficient (Wildman–Crippen LogP) is 2.98. The second-order valence-electron chi connectivity index (χ2n) is 4.34. The summed E-state index contributed by atoms with van der Waals surface area (Å²) >= 11 is 5.90. The molecule has 3 heteroatoms. The van der Waals surface area contributed by atoms with Gasteiger partial charge in [-0.25, -0.2) is 0 Å². The molecular weight excluding hydrogens is 222 g/mol. The van der Waals surface area contributed by atoms with Crippen molar-refractivity contribution in [3.8, 4) is 0 Å². The van der Waals surface area contributed by atoms with Crippen LogP contribution in [0.1, 0.15) is 25.8 Å². The van der Waals surface area contributed by atoms with Gasteiger partial charge in [-0.2, -0.15) is 0 Å². The lowest BCUT2D eigenvalue weighted by atomic mass is 9.96. The van der Waals surface area contributed by atoms with Crippen LogP contribution in [0.15, 0.2) is 24.3 Å². The molecule has 2 rings (SSSR count). The first-order valence-electron chi connectivity index (χ1n) is 5.66. The molecule has 2 atom stereocenters. The Morgan fingerprint density at radius 1 is 1.50 bits per heavy atom. The Morgan fingerprint density at radius 2 is 2.19 bits per heavy atom. The van der Waals surface area contributed by atoms with E-state index in [1.54, 1.807) is 6.92 Å². The fourth-order valence-electron chi connectivity index (χ4n) is 2.22. The molecule has 0 saturated carbocycles. The van der Waals surface area contributed by atoms with E-state index in [2.05, 4.69) is 13.0 Å². The first-order valence-corrected chi connectivity index (χ1v) is 6.10. The molecule has 86 valence electrons. The first-order chi connectivity index (χ1) is 7.61. The SMILES string of the molecule is CC(Cl)C(=O)N1c2ccccc2CCC1C. The van der Waals surface area contributed by atoms with Crippen LogP contribution in [-0.2, 0) is 11.2 Å². The molecule has 0 radical (unpaired) electrons. The van der Waals surface area contributed by atoms with Crippen molar-refractivity contribution in [3.63, 3.8) is 0 Å². The minimum Gasteiger partial charge on any atom is -0.308 e. The van der Waals surface area contributed by atoms with E-state index in [9.17, 15) is 4.79 Å². The number of nitrogens with zero attached hydrogens (tertiary/aromatic N) is 1. The molecule has 0 N–H and O–H groups in total. The number of hydrogen-bond acceptors (Lipinski definition) is 1. The quantitative estimate of drug-likeness (QED) is 0.688. The lowest BCUT2D eigenvalue weighted by molar-refractivity contribution is -0.118. The van der Waals surface area contributed by atoms with E-state index in [0.29, 0.717) is 0 Å². The minimum atomic E-state index is -0.464. The molecule has 0 aliphatic carbocycles. The van der Waals surface area contributed by atoms with Gasteiger partial charge in [0.15, 0.2) is 0 Å². The lowest BCUT2D eigenvalue weighted by Crippen LogP contribution is -2.45. The normalized spacial score (nSPS) is 21.4. The predicted molar refractivity (Wildman–Crippen MR) is 67.0 cm³/mol. The molecule has 1 amide bonds. The summed E-state index contributed by atoms with van der Waals surface area (Å²) in [4.78, 5) is 13.9. The minimum absolute atomic E-state index is 0.00122. The number of fused-ring (bicyclic) bond motifs is 1. The third-order valence-corrected chi connectivity index (χ3v) is 3.29. The number of carbonyl (C=O) groups excluding carboxylic acids is 1. The Kier molecular flexibility index (Phi) is 3.20. The zero-order chi connectivity index (χ0) is 11.7. The molecule has 1 aromatic rings. The average molecular weight is 238 g/mol. The molecular formula is C13H16ClNO.